The summed E-state index contributed by atoms with van der Waals surface area (Å²) in [7, 11) is 0. The maximum absolute atomic E-state index is 12.1. The van der Waals surface area contributed by atoms with Crippen LogP contribution in [0.25, 0.3) is 0 Å². The lowest BCUT2D eigenvalue weighted by atomic mass is 9.99. The molecule has 1 fully saturated rings. The third-order valence-corrected chi connectivity index (χ3v) is 4.47. The van der Waals surface area contributed by atoms with E-state index in [0.29, 0.717) is 12.6 Å². The molecular weight excluding hydrogens is 264 g/mol. The second-order valence-corrected chi connectivity index (χ2v) is 6.49. The van der Waals surface area contributed by atoms with Gasteiger partial charge in [0.1, 0.15) is 0 Å². The molecule has 2 N–H and O–H groups in total. The van der Waals surface area contributed by atoms with Crippen molar-refractivity contribution in [2.45, 2.75) is 50.7 Å². The van der Waals surface area contributed by atoms with Crippen LogP contribution in [0.4, 0.5) is 4.79 Å². The van der Waals surface area contributed by atoms with Crippen LogP contribution < -0.4 is 10.6 Å². The van der Waals surface area contributed by atoms with Crippen LogP contribution >= 0.6 is 0 Å². The summed E-state index contributed by atoms with van der Waals surface area (Å²) in [6, 6.07) is 8.36. The molecule has 114 valence electrons. The second-order valence-electron chi connectivity index (χ2n) is 6.49. The van der Waals surface area contributed by atoms with Gasteiger partial charge in [-0.2, -0.15) is 0 Å². The standard InChI is InChI=1S/C17H24N2O2/c1-17(11-13-5-2-3-6-14(13)12-17)19-16(20)18-9-8-15-7-4-10-21-15/h2-3,5-6,15H,4,7-12H2,1H3,(H2,18,19,20). The van der Waals surface area contributed by atoms with Gasteiger partial charge in [-0.05, 0) is 50.2 Å². The van der Waals surface area contributed by atoms with E-state index in [-0.39, 0.29) is 11.6 Å². The number of nitrogens with one attached hydrogen (secondary N) is 2. The molecule has 2 amide bonds. The molecule has 0 spiro atoms. The molecule has 2 aliphatic rings. The average Bonchev–Trinajstić information content (AvgIpc) is 3.04. The van der Waals surface area contributed by atoms with E-state index in [2.05, 4.69) is 41.8 Å². The van der Waals surface area contributed by atoms with E-state index in [1.807, 2.05) is 0 Å². The molecule has 1 saturated heterocycles. The van der Waals surface area contributed by atoms with Crippen LogP contribution in [0, 0.1) is 0 Å². The molecule has 1 heterocycles. The molecule has 3 rings (SSSR count). The lowest BCUT2D eigenvalue weighted by Gasteiger charge is -2.25. The summed E-state index contributed by atoms with van der Waals surface area (Å²) in [5, 5.41) is 6.10. The molecule has 4 nitrogen and oxygen atoms in total. The Morgan fingerprint density at radius 2 is 2.05 bits per heavy atom. The van der Waals surface area contributed by atoms with Crippen LogP contribution in [-0.4, -0.2) is 30.8 Å². The predicted octanol–water partition coefficient (Wildman–Crippen LogP) is 2.41. The van der Waals surface area contributed by atoms with Crippen molar-refractivity contribution in [3.63, 3.8) is 0 Å². The van der Waals surface area contributed by atoms with Crippen molar-refractivity contribution in [2.24, 2.45) is 0 Å². The Labute approximate surface area is 126 Å². The van der Waals surface area contributed by atoms with Crippen LogP contribution in [0.15, 0.2) is 24.3 Å². The van der Waals surface area contributed by atoms with Crippen LogP contribution in [0.3, 0.4) is 0 Å². The molecule has 4 heteroatoms. The maximum atomic E-state index is 12.1. The first-order chi connectivity index (χ1) is 10.1. The second kappa shape index (κ2) is 6.06. The molecule has 0 aromatic heterocycles. The number of rotatable bonds is 4. The molecule has 0 bridgehead atoms. The third kappa shape index (κ3) is 3.56. The minimum absolute atomic E-state index is 0.0664. The van der Waals surface area contributed by atoms with Crippen molar-refractivity contribution in [1.29, 1.82) is 0 Å². The Kier molecular flexibility index (Phi) is 4.15. The van der Waals surface area contributed by atoms with E-state index >= 15 is 0 Å². The largest absolute Gasteiger partial charge is 0.378 e. The molecule has 21 heavy (non-hydrogen) atoms. The first kappa shape index (κ1) is 14.4. The van der Waals surface area contributed by atoms with Crippen molar-refractivity contribution < 1.29 is 9.53 Å². The van der Waals surface area contributed by atoms with Gasteiger partial charge in [-0.25, -0.2) is 4.79 Å². The van der Waals surface area contributed by atoms with Gasteiger partial charge in [-0.1, -0.05) is 24.3 Å². The molecule has 0 radical (unpaired) electrons. The van der Waals surface area contributed by atoms with Crippen molar-refractivity contribution >= 4 is 6.03 Å². The number of hydrogen-bond donors (Lipinski definition) is 2. The van der Waals surface area contributed by atoms with Crippen molar-refractivity contribution in [1.82, 2.24) is 10.6 Å². The molecule has 1 unspecified atom stereocenters. The number of carbonyl (C=O) groups excluding carboxylic acids is 1. The number of urea groups is 1. The Balaban J connectivity index is 1.44. The van der Waals surface area contributed by atoms with Crippen LogP contribution in [0.2, 0.25) is 0 Å². The quantitative estimate of drug-likeness (QED) is 0.894. The fourth-order valence-corrected chi connectivity index (χ4v) is 3.43. The van der Waals surface area contributed by atoms with E-state index in [4.69, 9.17) is 4.74 Å². The number of benzene rings is 1. The summed E-state index contributed by atoms with van der Waals surface area (Å²) >= 11 is 0. The van der Waals surface area contributed by atoms with E-state index in [1.54, 1.807) is 0 Å². The fraction of sp³-hybridized carbons (Fsp3) is 0.588. The van der Waals surface area contributed by atoms with Gasteiger partial charge in [0.2, 0.25) is 0 Å². The number of ether oxygens (including phenoxy) is 1. The van der Waals surface area contributed by atoms with Gasteiger partial charge in [0.05, 0.1) is 6.10 Å². The third-order valence-electron chi connectivity index (χ3n) is 4.47. The smallest absolute Gasteiger partial charge is 0.315 e. The first-order valence-corrected chi connectivity index (χ1v) is 7.89. The molecule has 1 aliphatic heterocycles. The highest BCUT2D eigenvalue weighted by Gasteiger charge is 2.33. The zero-order valence-electron chi connectivity index (χ0n) is 12.7. The van der Waals surface area contributed by atoms with Gasteiger partial charge in [0.15, 0.2) is 0 Å². The summed E-state index contributed by atoms with van der Waals surface area (Å²) in [6.07, 6.45) is 5.31. The molecule has 1 aromatic rings. The number of amides is 2. The summed E-state index contributed by atoms with van der Waals surface area (Å²) in [5.74, 6) is 0. The highest BCUT2D eigenvalue weighted by Crippen LogP contribution is 2.29. The maximum Gasteiger partial charge on any atom is 0.315 e. The minimum Gasteiger partial charge on any atom is -0.378 e. The van der Waals surface area contributed by atoms with Crippen LogP contribution in [0.1, 0.15) is 37.3 Å². The van der Waals surface area contributed by atoms with Gasteiger partial charge in [-0.3, -0.25) is 0 Å². The van der Waals surface area contributed by atoms with Gasteiger partial charge in [0.25, 0.3) is 0 Å². The molecular formula is C17H24N2O2. The van der Waals surface area contributed by atoms with E-state index in [1.165, 1.54) is 11.1 Å². The Bertz CT molecular complexity index is 484. The summed E-state index contributed by atoms with van der Waals surface area (Å²) in [6.45, 7) is 3.67. The van der Waals surface area contributed by atoms with Crippen LogP contribution in [-0.2, 0) is 17.6 Å². The Morgan fingerprint density at radius 3 is 2.67 bits per heavy atom. The van der Waals surface area contributed by atoms with Crippen LogP contribution in [0.5, 0.6) is 0 Å². The minimum atomic E-state index is -0.169. The Morgan fingerprint density at radius 1 is 1.33 bits per heavy atom. The molecule has 1 atom stereocenters. The van der Waals surface area contributed by atoms with Gasteiger partial charge in [0, 0.05) is 18.7 Å². The SMILES string of the molecule is CC1(NC(=O)NCCC2CCCO2)Cc2ccccc2C1. The van der Waals surface area contributed by atoms with Crippen molar-refractivity contribution in [3.8, 4) is 0 Å². The highest BCUT2D eigenvalue weighted by atomic mass is 16.5. The fourth-order valence-electron chi connectivity index (χ4n) is 3.43. The topological polar surface area (TPSA) is 50.4 Å². The molecule has 1 aromatic carbocycles. The normalized spacial score (nSPS) is 22.8. The van der Waals surface area contributed by atoms with Crippen molar-refractivity contribution in [2.75, 3.05) is 13.2 Å². The van der Waals surface area contributed by atoms with Crippen molar-refractivity contribution in [3.05, 3.63) is 35.4 Å². The number of fused-ring (bicyclic) bond motifs is 1. The molecule has 0 saturated carbocycles. The monoisotopic (exact) mass is 288 g/mol. The number of hydrogen-bond acceptors (Lipinski definition) is 2. The lowest BCUT2D eigenvalue weighted by molar-refractivity contribution is 0.104. The van der Waals surface area contributed by atoms with E-state index in [9.17, 15) is 4.79 Å². The number of carbonyl (C=O) groups is 1. The summed E-state index contributed by atoms with van der Waals surface area (Å²) < 4.78 is 5.56. The summed E-state index contributed by atoms with van der Waals surface area (Å²) in [5.41, 5.74) is 2.52. The molecule has 1 aliphatic carbocycles. The van der Waals surface area contributed by atoms with E-state index < -0.39 is 0 Å². The average molecular weight is 288 g/mol. The first-order valence-electron chi connectivity index (χ1n) is 7.89. The van der Waals surface area contributed by atoms with Gasteiger partial charge in [-0.15, -0.1) is 0 Å². The predicted molar refractivity (Wildman–Crippen MR) is 82.4 cm³/mol. The highest BCUT2D eigenvalue weighted by molar-refractivity contribution is 5.75. The van der Waals surface area contributed by atoms with Gasteiger partial charge >= 0.3 is 6.03 Å². The van der Waals surface area contributed by atoms with Gasteiger partial charge < -0.3 is 15.4 Å². The lowest BCUT2D eigenvalue weighted by Crippen LogP contribution is -2.51. The Hall–Kier alpha value is -1.55. The summed E-state index contributed by atoms with van der Waals surface area (Å²) in [4.78, 5) is 12.1. The zero-order valence-corrected chi connectivity index (χ0v) is 12.7. The zero-order chi connectivity index (χ0) is 14.7. The van der Waals surface area contributed by atoms with E-state index in [0.717, 1.165) is 38.7 Å².